The van der Waals surface area contributed by atoms with Crippen molar-refractivity contribution in [2.24, 2.45) is 4.99 Å². The molecule has 0 saturated carbocycles. The summed E-state index contributed by atoms with van der Waals surface area (Å²) in [6.45, 7) is 7.85. The zero-order valence-electron chi connectivity index (χ0n) is 17.5. The van der Waals surface area contributed by atoms with Crippen LogP contribution >= 0.6 is 0 Å². The van der Waals surface area contributed by atoms with Crippen molar-refractivity contribution in [1.29, 1.82) is 5.26 Å². The Morgan fingerprint density at radius 2 is 1.53 bits per heavy atom. The van der Waals surface area contributed by atoms with Crippen LogP contribution in [0.4, 0.5) is 5.69 Å². The highest BCUT2D eigenvalue weighted by atomic mass is 16.2. The zero-order chi connectivity index (χ0) is 21.7. The monoisotopic (exact) mass is 403 g/mol. The van der Waals surface area contributed by atoms with E-state index in [0.717, 1.165) is 16.8 Å². The average Bonchev–Trinajstić information content (AvgIpc) is 2.75. The predicted molar refractivity (Wildman–Crippen MR) is 115 cm³/mol. The quantitative estimate of drug-likeness (QED) is 0.617. The number of guanidine groups is 1. The lowest BCUT2D eigenvalue weighted by Gasteiger charge is -2.36. The number of benzene rings is 2. The van der Waals surface area contributed by atoms with E-state index in [-0.39, 0.29) is 11.8 Å². The van der Waals surface area contributed by atoms with E-state index in [1.807, 2.05) is 43.0 Å². The minimum atomic E-state index is -0.293. The lowest BCUT2D eigenvalue weighted by atomic mass is 10.1. The molecule has 1 aliphatic rings. The standard InChI is InChI=1S/C23H25N5O2/c1-16-5-4-6-17(2)21(16)25-23(28-13-11-27(12-14-28)18(3)29)26-22(30)20-9-7-19(15-24)8-10-20/h4-10H,11-14H2,1-3H3,(H,25,26,30). The van der Waals surface area contributed by atoms with Crippen LogP contribution in [0.5, 0.6) is 0 Å². The summed E-state index contributed by atoms with van der Waals surface area (Å²) >= 11 is 0. The van der Waals surface area contributed by atoms with E-state index < -0.39 is 0 Å². The lowest BCUT2D eigenvalue weighted by molar-refractivity contribution is -0.130. The molecule has 154 valence electrons. The number of aliphatic imine (C=N–C) groups is 1. The third-order valence-corrected chi connectivity index (χ3v) is 5.18. The number of rotatable bonds is 2. The van der Waals surface area contributed by atoms with Crippen molar-refractivity contribution in [2.45, 2.75) is 20.8 Å². The van der Waals surface area contributed by atoms with Gasteiger partial charge in [-0.1, -0.05) is 18.2 Å². The topological polar surface area (TPSA) is 88.8 Å². The molecule has 0 aliphatic carbocycles. The second-order valence-electron chi connectivity index (χ2n) is 7.31. The maximum absolute atomic E-state index is 12.9. The van der Waals surface area contributed by atoms with Gasteiger partial charge in [0.1, 0.15) is 0 Å². The fourth-order valence-corrected chi connectivity index (χ4v) is 3.37. The molecule has 7 heteroatoms. The largest absolute Gasteiger partial charge is 0.339 e. The number of piperazine rings is 1. The highest BCUT2D eigenvalue weighted by Gasteiger charge is 2.23. The molecular formula is C23H25N5O2. The van der Waals surface area contributed by atoms with E-state index in [0.29, 0.717) is 43.3 Å². The van der Waals surface area contributed by atoms with Gasteiger partial charge in [-0.3, -0.25) is 14.9 Å². The van der Waals surface area contributed by atoms with E-state index in [4.69, 9.17) is 10.3 Å². The molecule has 0 atom stereocenters. The Hall–Kier alpha value is -3.66. The molecule has 1 saturated heterocycles. The van der Waals surface area contributed by atoms with Gasteiger partial charge < -0.3 is 9.80 Å². The molecule has 0 spiro atoms. The second kappa shape index (κ2) is 9.23. The number of nitriles is 1. The van der Waals surface area contributed by atoms with Crippen LogP contribution in [0.1, 0.15) is 34.0 Å². The van der Waals surface area contributed by atoms with Crippen molar-refractivity contribution in [3.8, 4) is 6.07 Å². The van der Waals surface area contributed by atoms with Crippen molar-refractivity contribution in [2.75, 3.05) is 26.2 Å². The molecule has 30 heavy (non-hydrogen) atoms. The highest BCUT2D eigenvalue weighted by molar-refractivity contribution is 6.06. The summed E-state index contributed by atoms with van der Waals surface area (Å²) in [5.74, 6) is 0.216. The Morgan fingerprint density at radius 3 is 2.07 bits per heavy atom. The van der Waals surface area contributed by atoms with Gasteiger partial charge in [0, 0.05) is 38.7 Å². The first-order chi connectivity index (χ1) is 14.4. The summed E-state index contributed by atoms with van der Waals surface area (Å²) in [4.78, 5) is 33.1. The molecule has 2 aromatic rings. The molecule has 1 fully saturated rings. The van der Waals surface area contributed by atoms with Gasteiger partial charge in [-0.2, -0.15) is 5.26 Å². The van der Waals surface area contributed by atoms with E-state index in [1.165, 1.54) is 0 Å². The first kappa shape index (κ1) is 21.1. The van der Waals surface area contributed by atoms with Crippen LogP contribution in [0.15, 0.2) is 47.5 Å². The van der Waals surface area contributed by atoms with Crippen molar-refractivity contribution in [3.63, 3.8) is 0 Å². The maximum atomic E-state index is 12.9. The number of hydrogen-bond acceptors (Lipinski definition) is 4. The maximum Gasteiger partial charge on any atom is 0.257 e. The minimum Gasteiger partial charge on any atom is -0.339 e. The molecule has 3 rings (SSSR count). The number of carbonyl (C=O) groups excluding carboxylic acids is 2. The number of nitrogens with zero attached hydrogens (tertiary/aromatic N) is 4. The van der Waals surface area contributed by atoms with Crippen LogP contribution in [0.3, 0.4) is 0 Å². The zero-order valence-corrected chi connectivity index (χ0v) is 17.5. The number of hydrogen-bond donors (Lipinski definition) is 1. The van der Waals surface area contributed by atoms with Crippen LogP contribution < -0.4 is 5.32 Å². The van der Waals surface area contributed by atoms with Crippen molar-refractivity contribution in [1.82, 2.24) is 15.1 Å². The minimum absolute atomic E-state index is 0.0458. The van der Waals surface area contributed by atoms with Crippen LogP contribution in [-0.4, -0.2) is 53.8 Å². The molecule has 2 aromatic carbocycles. The van der Waals surface area contributed by atoms with E-state index in [9.17, 15) is 9.59 Å². The van der Waals surface area contributed by atoms with Gasteiger partial charge >= 0.3 is 0 Å². The Bertz CT molecular complexity index is 993. The molecular weight excluding hydrogens is 378 g/mol. The van der Waals surface area contributed by atoms with Crippen molar-refractivity contribution < 1.29 is 9.59 Å². The number of aryl methyl sites for hydroxylation is 2. The third kappa shape index (κ3) is 4.84. The molecule has 1 N–H and O–H groups in total. The van der Waals surface area contributed by atoms with E-state index >= 15 is 0 Å². The molecule has 2 amide bonds. The van der Waals surface area contributed by atoms with Gasteiger partial charge in [-0.15, -0.1) is 0 Å². The van der Waals surface area contributed by atoms with E-state index in [1.54, 1.807) is 36.1 Å². The number of carbonyl (C=O) groups is 2. The van der Waals surface area contributed by atoms with Gasteiger partial charge in [-0.25, -0.2) is 4.99 Å². The molecule has 0 bridgehead atoms. The first-order valence-corrected chi connectivity index (χ1v) is 9.86. The Labute approximate surface area is 176 Å². The number of amides is 2. The van der Waals surface area contributed by atoms with E-state index in [2.05, 4.69) is 5.32 Å². The lowest BCUT2D eigenvalue weighted by Crippen LogP contribution is -2.54. The number of nitrogens with one attached hydrogen (secondary N) is 1. The molecule has 0 unspecified atom stereocenters. The predicted octanol–water partition coefficient (Wildman–Crippen LogP) is 2.76. The molecule has 1 heterocycles. The Morgan fingerprint density at radius 1 is 0.967 bits per heavy atom. The third-order valence-electron chi connectivity index (χ3n) is 5.18. The fraction of sp³-hybridized carbons (Fsp3) is 0.304. The SMILES string of the molecule is CC(=O)N1CCN(C(=Nc2c(C)cccc2C)NC(=O)c2ccc(C#N)cc2)CC1. The fourth-order valence-electron chi connectivity index (χ4n) is 3.37. The Kier molecular flexibility index (Phi) is 6.48. The van der Waals surface area contributed by atoms with Gasteiger partial charge in [0.15, 0.2) is 0 Å². The van der Waals surface area contributed by atoms with Crippen molar-refractivity contribution >= 4 is 23.5 Å². The molecule has 1 aliphatic heterocycles. The van der Waals surface area contributed by atoms with Crippen LogP contribution in [0.25, 0.3) is 0 Å². The smallest absolute Gasteiger partial charge is 0.257 e. The summed E-state index contributed by atoms with van der Waals surface area (Å²) in [5.41, 5.74) is 3.80. The van der Waals surface area contributed by atoms with Gasteiger partial charge in [0.05, 0.1) is 17.3 Å². The summed E-state index contributed by atoms with van der Waals surface area (Å²) in [6.07, 6.45) is 0. The normalized spacial score (nSPS) is 14.3. The van der Waals surface area contributed by atoms with Gasteiger partial charge in [0.25, 0.3) is 5.91 Å². The van der Waals surface area contributed by atoms with Gasteiger partial charge in [-0.05, 0) is 49.2 Å². The first-order valence-electron chi connectivity index (χ1n) is 9.86. The second-order valence-corrected chi connectivity index (χ2v) is 7.31. The average molecular weight is 403 g/mol. The summed E-state index contributed by atoms with van der Waals surface area (Å²) in [6, 6.07) is 14.5. The summed E-state index contributed by atoms with van der Waals surface area (Å²) < 4.78 is 0. The summed E-state index contributed by atoms with van der Waals surface area (Å²) in [5, 5.41) is 11.9. The molecule has 0 radical (unpaired) electrons. The molecule has 0 aromatic heterocycles. The van der Waals surface area contributed by atoms with Crippen LogP contribution in [0.2, 0.25) is 0 Å². The summed E-state index contributed by atoms with van der Waals surface area (Å²) in [7, 11) is 0. The Balaban J connectivity index is 1.89. The number of para-hydroxylation sites is 1. The van der Waals surface area contributed by atoms with Crippen LogP contribution in [0, 0.1) is 25.2 Å². The van der Waals surface area contributed by atoms with Gasteiger partial charge in [0.2, 0.25) is 11.9 Å². The highest BCUT2D eigenvalue weighted by Crippen LogP contribution is 2.23. The van der Waals surface area contributed by atoms with Crippen LogP contribution in [-0.2, 0) is 4.79 Å². The molecule has 7 nitrogen and oxygen atoms in total. The van der Waals surface area contributed by atoms with Crippen molar-refractivity contribution in [3.05, 3.63) is 64.7 Å².